The minimum Gasteiger partial charge on any atom is -0.477 e. The highest BCUT2D eigenvalue weighted by Gasteiger charge is 2.30. The number of carboxylic acids is 1. The second-order valence-electron chi connectivity index (χ2n) is 3.55. The number of rotatable bonds is 2. The van der Waals surface area contributed by atoms with E-state index in [1.807, 2.05) is 0 Å². The van der Waals surface area contributed by atoms with Gasteiger partial charge in [0.2, 0.25) is 0 Å². The zero-order valence-electron chi connectivity index (χ0n) is 8.86. The fourth-order valence-corrected chi connectivity index (χ4v) is 2.30. The van der Waals surface area contributed by atoms with Crippen molar-refractivity contribution in [3.05, 3.63) is 46.8 Å². The molecule has 0 radical (unpaired) electrons. The highest BCUT2D eigenvalue weighted by atomic mass is 32.1. The van der Waals surface area contributed by atoms with Gasteiger partial charge in [0.15, 0.2) is 0 Å². The van der Waals surface area contributed by atoms with Crippen molar-refractivity contribution in [2.45, 2.75) is 6.18 Å². The van der Waals surface area contributed by atoms with Gasteiger partial charge in [-0.2, -0.15) is 13.2 Å². The summed E-state index contributed by atoms with van der Waals surface area (Å²) < 4.78 is 37.6. The number of hydrogen-bond acceptors (Lipinski definition) is 2. The molecule has 0 spiro atoms. The average molecular weight is 272 g/mol. The Morgan fingerprint density at radius 3 is 2.44 bits per heavy atom. The van der Waals surface area contributed by atoms with E-state index >= 15 is 0 Å². The van der Waals surface area contributed by atoms with Gasteiger partial charge in [-0.1, -0.05) is 12.1 Å². The summed E-state index contributed by atoms with van der Waals surface area (Å²) in [4.78, 5) is 11.3. The maximum Gasteiger partial charge on any atom is 0.416 e. The lowest BCUT2D eigenvalue weighted by Gasteiger charge is -2.07. The van der Waals surface area contributed by atoms with Gasteiger partial charge in [-0.25, -0.2) is 4.79 Å². The molecule has 2 nitrogen and oxygen atoms in total. The van der Waals surface area contributed by atoms with Crippen molar-refractivity contribution in [2.75, 3.05) is 0 Å². The van der Waals surface area contributed by atoms with Gasteiger partial charge in [-0.3, -0.25) is 0 Å². The molecule has 0 aliphatic carbocycles. The van der Waals surface area contributed by atoms with Crippen molar-refractivity contribution in [1.82, 2.24) is 0 Å². The predicted molar refractivity (Wildman–Crippen MR) is 61.7 cm³/mol. The van der Waals surface area contributed by atoms with Crippen molar-refractivity contribution in [3.8, 4) is 10.4 Å². The fraction of sp³-hybridized carbons (Fsp3) is 0.0833. The molecular weight excluding hydrogens is 265 g/mol. The summed E-state index contributed by atoms with van der Waals surface area (Å²) in [6.45, 7) is 0. The number of aromatic carboxylic acids is 1. The molecule has 1 N–H and O–H groups in total. The number of carbonyl (C=O) groups is 1. The van der Waals surface area contributed by atoms with Crippen LogP contribution in [-0.2, 0) is 6.18 Å². The molecule has 1 aromatic heterocycles. The largest absolute Gasteiger partial charge is 0.477 e. The van der Waals surface area contributed by atoms with Crippen LogP contribution in [0.2, 0.25) is 0 Å². The molecule has 0 fully saturated rings. The van der Waals surface area contributed by atoms with E-state index in [9.17, 15) is 18.0 Å². The Hall–Kier alpha value is -1.82. The van der Waals surface area contributed by atoms with Gasteiger partial charge in [0.05, 0.1) is 5.56 Å². The summed E-state index contributed by atoms with van der Waals surface area (Å²) >= 11 is 0.947. The Labute approximate surface area is 104 Å². The topological polar surface area (TPSA) is 37.3 Å². The van der Waals surface area contributed by atoms with E-state index < -0.39 is 17.7 Å². The molecule has 0 bridgehead atoms. The Bertz CT molecular complexity index is 587. The number of benzene rings is 1. The third-order valence-corrected chi connectivity index (χ3v) is 3.41. The van der Waals surface area contributed by atoms with Gasteiger partial charge < -0.3 is 5.11 Å². The number of carboxylic acid groups (broad SMARTS) is 1. The number of alkyl halides is 3. The highest BCUT2D eigenvalue weighted by molar-refractivity contribution is 7.17. The van der Waals surface area contributed by atoms with Crippen LogP contribution in [0.4, 0.5) is 13.2 Å². The molecule has 2 rings (SSSR count). The third-order valence-electron chi connectivity index (χ3n) is 2.29. The molecule has 0 aliphatic rings. The summed E-state index contributed by atoms with van der Waals surface area (Å²) in [5.74, 6) is -1.08. The van der Waals surface area contributed by atoms with Crippen LogP contribution in [0.3, 0.4) is 0 Å². The number of thiophene rings is 1. The Morgan fingerprint density at radius 2 is 1.89 bits per heavy atom. The van der Waals surface area contributed by atoms with E-state index in [-0.39, 0.29) is 4.88 Å². The first-order valence-corrected chi connectivity index (χ1v) is 5.70. The van der Waals surface area contributed by atoms with Gasteiger partial charge in [0.1, 0.15) is 4.88 Å². The molecule has 0 saturated carbocycles. The highest BCUT2D eigenvalue weighted by Crippen LogP contribution is 2.34. The summed E-state index contributed by atoms with van der Waals surface area (Å²) in [7, 11) is 0. The quantitative estimate of drug-likeness (QED) is 0.892. The fourth-order valence-electron chi connectivity index (χ4n) is 1.46. The van der Waals surface area contributed by atoms with Crippen molar-refractivity contribution in [3.63, 3.8) is 0 Å². The molecule has 1 heterocycles. The molecule has 0 amide bonds. The Kier molecular flexibility index (Phi) is 3.13. The maximum atomic E-state index is 12.5. The lowest BCUT2D eigenvalue weighted by Crippen LogP contribution is -2.04. The number of hydrogen-bond donors (Lipinski definition) is 1. The van der Waals surface area contributed by atoms with E-state index in [1.54, 1.807) is 0 Å². The first-order chi connectivity index (χ1) is 8.38. The molecule has 94 valence electrons. The molecule has 0 atom stereocenters. The van der Waals surface area contributed by atoms with Crippen LogP contribution in [0.1, 0.15) is 15.2 Å². The molecule has 0 aliphatic heterocycles. The van der Waals surface area contributed by atoms with Crippen LogP contribution in [-0.4, -0.2) is 11.1 Å². The molecule has 2 aromatic rings. The Balaban J connectivity index is 2.41. The van der Waals surface area contributed by atoms with Gasteiger partial charge in [-0.05, 0) is 29.8 Å². The molecular formula is C12H7F3O2S. The van der Waals surface area contributed by atoms with Gasteiger partial charge in [0.25, 0.3) is 0 Å². The molecule has 0 unspecified atom stereocenters. The predicted octanol–water partition coefficient (Wildman–Crippen LogP) is 4.13. The van der Waals surface area contributed by atoms with E-state index in [4.69, 9.17) is 5.11 Å². The first kappa shape index (κ1) is 12.6. The summed E-state index contributed by atoms with van der Waals surface area (Å²) in [5.41, 5.74) is -0.382. The second-order valence-corrected chi connectivity index (χ2v) is 4.63. The van der Waals surface area contributed by atoms with Crippen molar-refractivity contribution in [2.24, 2.45) is 0 Å². The van der Waals surface area contributed by atoms with E-state index in [0.29, 0.717) is 10.4 Å². The van der Waals surface area contributed by atoms with E-state index in [1.165, 1.54) is 24.3 Å². The van der Waals surface area contributed by atoms with Gasteiger partial charge in [-0.15, -0.1) is 11.3 Å². The SMILES string of the molecule is O=C(O)c1ccc(-c2cccc(C(F)(F)F)c2)s1. The third kappa shape index (κ3) is 2.53. The Morgan fingerprint density at radius 1 is 1.17 bits per heavy atom. The van der Waals surface area contributed by atoms with E-state index in [0.717, 1.165) is 23.5 Å². The first-order valence-electron chi connectivity index (χ1n) is 4.88. The molecule has 1 aromatic carbocycles. The van der Waals surface area contributed by atoms with Crippen LogP contribution in [0.15, 0.2) is 36.4 Å². The van der Waals surface area contributed by atoms with Gasteiger partial charge in [0, 0.05) is 4.88 Å². The lowest BCUT2D eigenvalue weighted by atomic mass is 10.1. The normalized spacial score (nSPS) is 11.5. The second kappa shape index (κ2) is 4.45. The molecule has 6 heteroatoms. The smallest absolute Gasteiger partial charge is 0.416 e. The summed E-state index contributed by atoms with van der Waals surface area (Å²) in [6, 6.07) is 7.70. The van der Waals surface area contributed by atoms with Crippen molar-refractivity contribution < 1.29 is 23.1 Å². The van der Waals surface area contributed by atoms with Crippen molar-refractivity contribution in [1.29, 1.82) is 0 Å². The van der Waals surface area contributed by atoms with Crippen LogP contribution in [0.25, 0.3) is 10.4 Å². The lowest BCUT2D eigenvalue weighted by molar-refractivity contribution is -0.137. The average Bonchev–Trinajstić information content (AvgIpc) is 2.77. The van der Waals surface area contributed by atoms with Crippen molar-refractivity contribution >= 4 is 17.3 Å². The zero-order valence-corrected chi connectivity index (χ0v) is 9.68. The number of halogens is 3. The summed E-state index contributed by atoms with van der Waals surface area (Å²) in [6.07, 6.45) is -4.40. The zero-order chi connectivity index (χ0) is 13.3. The van der Waals surface area contributed by atoms with Crippen LogP contribution >= 0.6 is 11.3 Å². The minimum absolute atomic E-state index is 0.0995. The van der Waals surface area contributed by atoms with Crippen LogP contribution in [0, 0.1) is 0 Å². The van der Waals surface area contributed by atoms with Gasteiger partial charge >= 0.3 is 12.1 Å². The standard InChI is InChI=1S/C12H7F3O2S/c13-12(14,15)8-3-1-2-7(6-8)9-4-5-10(18-9)11(16)17/h1-6H,(H,16,17). The monoisotopic (exact) mass is 272 g/mol. The summed E-state index contributed by atoms with van der Waals surface area (Å²) in [5, 5.41) is 8.76. The molecule has 0 saturated heterocycles. The van der Waals surface area contributed by atoms with Crippen LogP contribution < -0.4 is 0 Å². The van der Waals surface area contributed by atoms with E-state index in [2.05, 4.69) is 0 Å². The minimum atomic E-state index is -4.40. The maximum absolute atomic E-state index is 12.5. The van der Waals surface area contributed by atoms with Crippen LogP contribution in [0.5, 0.6) is 0 Å². The molecule has 18 heavy (non-hydrogen) atoms.